The molecule has 0 bridgehead atoms. The maximum absolute atomic E-state index is 12.0. The highest BCUT2D eigenvalue weighted by atomic mass is 35.5. The maximum Gasteiger partial charge on any atom is 0.251 e. The third-order valence-electron chi connectivity index (χ3n) is 3.34. The molecule has 0 saturated heterocycles. The molecule has 0 atom stereocenters. The van der Waals surface area contributed by atoms with Gasteiger partial charge in [-0.15, -0.1) is 12.4 Å². The summed E-state index contributed by atoms with van der Waals surface area (Å²) in [5.41, 5.74) is 0.459. The molecule has 0 aromatic heterocycles. The lowest BCUT2D eigenvalue weighted by Gasteiger charge is -2.08. The van der Waals surface area contributed by atoms with E-state index in [1.54, 1.807) is 0 Å². The first-order valence-corrected chi connectivity index (χ1v) is 9.12. The van der Waals surface area contributed by atoms with E-state index in [-0.39, 0.29) is 29.3 Å². The van der Waals surface area contributed by atoms with E-state index < -0.39 is 10.0 Å². The number of hydrogen-bond acceptors (Lipinski definition) is 4. The molecule has 1 aromatic carbocycles. The lowest BCUT2D eigenvalue weighted by atomic mass is 10.2. The minimum Gasteiger partial charge on any atom is -0.351 e. The highest BCUT2D eigenvalue weighted by Gasteiger charge is 2.27. The van der Waals surface area contributed by atoms with Crippen molar-refractivity contribution in [3.63, 3.8) is 0 Å². The Balaban J connectivity index is 0.00000264. The molecule has 23 heavy (non-hydrogen) atoms. The van der Waals surface area contributed by atoms with Gasteiger partial charge in [0.05, 0.1) is 4.90 Å². The molecule has 0 spiro atoms. The summed E-state index contributed by atoms with van der Waals surface area (Å²) in [5.74, 6) is -0.197. The molecule has 2 rings (SSSR count). The molecule has 0 radical (unpaired) electrons. The predicted octanol–water partition coefficient (Wildman–Crippen LogP) is 1.28. The zero-order valence-electron chi connectivity index (χ0n) is 13.2. The van der Waals surface area contributed by atoms with E-state index in [1.807, 2.05) is 0 Å². The second-order valence-corrected chi connectivity index (χ2v) is 7.14. The fraction of sp³-hybridized carbons (Fsp3) is 0.533. The number of carbonyl (C=O) groups excluding carboxylic acids is 1. The highest BCUT2D eigenvalue weighted by molar-refractivity contribution is 7.89. The Labute approximate surface area is 143 Å². The van der Waals surface area contributed by atoms with Crippen molar-refractivity contribution in [3.05, 3.63) is 29.8 Å². The van der Waals surface area contributed by atoms with Crippen molar-refractivity contribution in [2.75, 3.05) is 19.6 Å². The lowest BCUT2D eigenvalue weighted by Crippen LogP contribution is -2.32. The Bertz CT molecular complexity index is 601. The van der Waals surface area contributed by atoms with Gasteiger partial charge in [0.1, 0.15) is 0 Å². The summed E-state index contributed by atoms with van der Waals surface area (Å²) in [7, 11) is -3.46. The summed E-state index contributed by atoms with van der Waals surface area (Å²) in [4.78, 5) is 12.1. The summed E-state index contributed by atoms with van der Waals surface area (Å²) in [5, 5.41) is 5.98. The van der Waals surface area contributed by atoms with E-state index in [2.05, 4.69) is 22.3 Å². The molecule has 1 aliphatic rings. The van der Waals surface area contributed by atoms with E-state index in [9.17, 15) is 13.2 Å². The lowest BCUT2D eigenvalue weighted by molar-refractivity contribution is 0.0954. The molecule has 1 aliphatic carbocycles. The Kier molecular flexibility index (Phi) is 7.98. The van der Waals surface area contributed by atoms with Gasteiger partial charge in [-0.05, 0) is 50.1 Å². The van der Waals surface area contributed by atoms with Crippen molar-refractivity contribution in [1.29, 1.82) is 0 Å². The van der Waals surface area contributed by atoms with Crippen molar-refractivity contribution >= 4 is 28.3 Å². The van der Waals surface area contributed by atoms with Crippen molar-refractivity contribution < 1.29 is 13.2 Å². The van der Waals surface area contributed by atoms with Crippen LogP contribution in [0.1, 0.15) is 36.5 Å². The Morgan fingerprint density at radius 3 is 2.35 bits per heavy atom. The molecular formula is C15H24ClN3O3S. The van der Waals surface area contributed by atoms with Gasteiger partial charge in [-0.25, -0.2) is 13.1 Å². The molecule has 0 unspecified atom stereocenters. The van der Waals surface area contributed by atoms with E-state index in [0.717, 1.165) is 32.4 Å². The number of rotatable bonds is 9. The largest absolute Gasteiger partial charge is 0.351 e. The van der Waals surface area contributed by atoms with Crippen LogP contribution in [-0.4, -0.2) is 40.0 Å². The van der Waals surface area contributed by atoms with Crippen LogP contribution in [0.5, 0.6) is 0 Å². The van der Waals surface area contributed by atoms with Gasteiger partial charge in [0.25, 0.3) is 5.91 Å². The molecule has 8 heteroatoms. The topological polar surface area (TPSA) is 87.3 Å². The van der Waals surface area contributed by atoms with Gasteiger partial charge >= 0.3 is 0 Å². The van der Waals surface area contributed by atoms with E-state index in [0.29, 0.717) is 12.1 Å². The van der Waals surface area contributed by atoms with Crippen LogP contribution in [0.2, 0.25) is 0 Å². The smallest absolute Gasteiger partial charge is 0.251 e. The molecule has 6 nitrogen and oxygen atoms in total. The van der Waals surface area contributed by atoms with Gasteiger partial charge in [-0.1, -0.05) is 6.92 Å². The molecule has 1 aromatic rings. The van der Waals surface area contributed by atoms with Crippen molar-refractivity contribution in [3.8, 4) is 0 Å². The van der Waals surface area contributed by atoms with Crippen LogP contribution in [0.15, 0.2) is 29.2 Å². The van der Waals surface area contributed by atoms with Gasteiger partial charge in [0, 0.05) is 24.7 Å². The van der Waals surface area contributed by atoms with Crippen LogP contribution in [-0.2, 0) is 10.0 Å². The molecular weight excluding hydrogens is 338 g/mol. The van der Waals surface area contributed by atoms with Crippen LogP contribution < -0.4 is 15.4 Å². The first-order chi connectivity index (χ1) is 10.5. The number of amides is 1. The van der Waals surface area contributed by atoms with Crippen LogP contribution in [0, 0.1) is 0 Å². The summed E-state index contributed by atoms with van der Waals surface area (Å²) in [6.45, 7) is 4.27. The third-order valence-corrected chi connectivity index (χ3v) is 4.88. The normalized spacial score (nSPS) is 14.1. The fourth-order valence-corrected chi connectivity index (χ4v) is 3.25. The molecule has 1 saturated carbocycles. The second-order valence-electron chi connectivity index (χ2n) is 5.43. The Morgan fingerprint density at radius 1 is 1.13 bits per heavy atom. The SMILES string of the molecule is CCCNCCNC(=O)c1ccc(S(=O)(=O)NC2CC2)cc1.Cl. The number of halogens is 1. The number of nitrogens with one attached hydrogen (secondary N) is 3. The summed E-state index contributed by atoms with van der Waals surface area (Å²) in [6.07, 6.45) is 2.84. The van der Waals surface area contributed by atoms with Crippen molar-refractivity contribution in [1.82, 2.24) is 15.4 Å². The molecule has 3 N–H and O–H groups in total. The minimum atomic E-state index is -3.46. The third kappa shape index (κ3) is 6.47. The summed E-state index contributed by atoms with van der Waals surface area (Å²) < 4.78 is 26.6. The average molecular weight is 362 g/mol. The summed E-state index contributed by atoms with van der Waals surface area (Å²) in [6, 6.07) is 6.08. The number of hydrogen-bond donors (Lipinski definition) is 3. The first-order valence-electron chi connectivity index (χ1n) is 7.64. The minimum absolute atomic E-state index is 0. The quantitative estimate of drug-likeness (QED) is 0.578. The molecule has 0 aliphatic heterocycles. The number of sulfonamides is 1. The Hall–Kier alpha value is -1.15. The van der Waals surface area contributed by atoms with Crippen LogP contribution in [0.3, 0.4) is 0 Å². The van der Waals surface area contributed by atoms with Gasteiger partial charge in [0.2, 0.25) is 10.0 Å². The number of benzene rings is 1. The van der Waals surface area contributed by atoms with Crippen LogP contribution >= 0.6 is 12.4 Å². The monoisotopic (exact) mass is 361 g/mol. The zero-order valence-corrected chi connectivity index (χ0v) is 14.8. The molecule has 130 valence electrons. The Morgan fingerprint density at radius 2 is 1.78 bits per heavy atom. The molecule has 1 fully saturated rings. The first kappa shape index (κ1) is 19.9. The van der Waals surface area contributed by atoms with E-state index in [1.165, 1.54) is 24.3 Å². The molecule has 1 amide bonds. The van der Waals surface area contributed by atoms with E-state index >= 15 is 0 Å². The van der Waals surface area contributed by atoms with Crippen molar-refractivity contribution in [2.24, 2.45) is 0 Å². The van der Waals surface area contributed by atoms with Gasteiger partial charge < -0.3 is 10.6 Å². The van der Waals surface area contributed by atoms with Gasteiger partial charge in [0.15, 0.2) is 0 Å². The fourth-order valence-electron chi connectivity index (χ4n) is 1.94. The standard InChI is InChI=1S/C15H23N3O3S.ClH/c1-2-9-16-10-11-17-15(19)12-3-7-14(8-4-12)22(20,21)18-13-5-6-13;/h3-4,7-8,13,16,18H,2,5-6,9-11H2,1H3,(H,17,19);1H. The highest BCUT2D eigenvalue weighted by Crippen LogP contribution is 2.22. The van der Waals surface area contributed by atoms with Crippen LogP contribution in [0.4, 0.5) is 0 Å². The van der Waals surface area contributed by atoms with Gasteiger partial charge in [-0.2, -0.15) is 0 Å². The number of carbonyl (C=O) groups is 1. The average Bonchev–Trinajstić information content (AvgIpc) is 3.30. The van der Waals surface area contributed by atoms with Gasteiger partial charge in [-0.3, -0.25) is 4.79 Å². The second kappa shape index (κ2) is 9.22. The predicted molar refractivity (Wildman–Crippen MR) is 92.5 cm³/mol. The summed E-state index contributed by atoms with van der Waals surface area (Å²) >= 11 is 0. The van der Waals surface area contributed by atoms with Crippen molar-refractivity contribution in [2.45, 2.75) is 37.1 Å². The van der Waals surface area contributed by atoms with Crippen LogP contribution in [0.25, 0.3) is 0 Å². The molecule has 0 heterocycles. The maximum atomic E-state index is 12.0. The zero-order chi connectivity index (χ0) is 16.0. The van der Waals surface area contributed by atoms with E-state index in [4.69, 9.17) is 0 Å².